The first-order chi connectivity index (χ1) is 11.2. The highest BCUT2D eigenvalue weighted by Gasteiger charge is 2.22. The van der Waals surface area contributed by atoms with Gasteiger partial charge in [-0.3, -0.25) is 0 Å². The third kappa shape index (κ3) is 4.22. The molecule has 1 unspecified atom stereocenters. The normalized spacial score (nSPS) is 12.5. The maximum absolute atomic E-state index is 12.5. The summed E-state index contributed by atoms with van der Waals surface area (Å²) in [6.45, 7) is -0.702. The molecule has 3 N–H and O–H groups in total. The topological polar surface area (TPSA) is 65.1 Å². The number of aromatic nitrogens is 2. The third-order valence-electron chi connectivity index (χ3n) is 3.07. The van der Waals surface area contributed by atoms with Crippen molar-refractivity contribution in [1.82, 2.24) is 9.78 Å². The second-order valence-corrected chi connectivity index (χ2v) is 6.33. The van der Waals surface area contributed by atoms with E-state index in [0.717, 1.165) is 4.68 Å². The molecule has 0 aliphatic rings. The summed E-state index contributed by atoms with van der Waals surface area (Å²) in [4.78, 5) is 0. The number of hydrogen-bond acceptors (Lipinski definition) is 4. The fourth-order valence-electron chi connectivity index (χ4n) is 2.00. The highest BCUT2D eigenvalue weighted by molar-refractivity contribution is 6.39. The molecule has 132 valence electrons. The second kappa shape index (κ2) is 7.74. The van der Waals surface area contributed by atoms with E-state index in [-0.39, 0.29) is 27.7 Å². The lowest BCUT2D eigenvalue weighted by Gasteiger charge is -2.13. The number of rotatable bonds is 6. The van der Waals surface area contributed by atoms with Crippen LogP contribution in [0.1, 0.15) is 6.92 Å². The Morgan fingerprint density at radius 1 is 1.29 bits per heavy atom. The van der Waals surface area contributed by atoms with Crippen LogP contribution in [-0.4, -0.2) is 29.0 Å². The van der Waals surface area contributed by atoms with Gasteiger partial charge in [0.25, 0.3) is 0 Å². The molecule has 0 saturated carbocycles. The first kappa shape index (κ1) is 19.1. The van der Waals surface area contributed by atoms with Gasteiger partial charge in [-0.2, -0.15) is 13.9 Å². The molecule has 24 heavy (non-hydrogen) atoms. The minimum Gasteiger partial charge on any atom is -0.416 e. The van der Waals surface area contributed by atoms with Gasteiger partial charge in [-0.1, -0.05) is 34.8 Å². The average Bonchev–Trinajstić information content (AvgIpc) is 2.74. The van der Waals surface area contributed by atoms with Crippen LogP contribution in [0.5, 0.6) is 5.88 Å². The minimum atomic E-state index is -3.02. The molecule has 0 fully saturated rings. The summed E-state index contributed by atoms with van der Waals surface area (Å²) < 4.78 is 30.5. The van der Waals surface area contributed by atoms with E-state index in [1.807, 2.05) is 6.92 Å². The van der Waals surface area contributed by atoms with Crippen molar-refractivity contribution in [2.75, 3.05) is 11.9 Å². The minimum absolute atomic E-state index is 0.0693. The maximum Gasteiger partial charge on any atom is 0.388 e. The number of alkyl halides is 2. The number of halogens is 5. The molecule has 5 nitrogen and oxygen atoms in total. The average molecular weight is 400 g/mol. The van der Waals surface area contributed by atoms with Crippen LogP contribution in [0.4, 0.5) is 14.5 Å². The monoisotopic (exact) mass is 398 g/mol. The highest BCUT2D eigenvalue weighted by Crippen LogP contribution is 2.41. The maximum atomic E-state index is 12.5. The Balaban J connectivity index is 2.47. The summed E-state index contributed by atoms with van der Waals surface area (Å²) in [5.41, 5.74) is 6.92. The van der Waals surface area contributed by atoms with Gasteiger partial charge in [0.15, 0.2) is 0 Å². The van der Waals surface area contributed by atoms with Gasteiger partial charge in [0, 0.05) is 25.2 Å². The lowest BCUT2D eigenvalue weighted by atomic mass is 10.1. The van der Waals surface area contributed by atoms with Crippen molar-refractivity contribution in [2.24, 2.45) is 12.8 Å². The molecule has 2 aromatic rings. The van der Waals surface area contributed by atoms with Crippen molar-refractivity contribution < 1.29 is 13.5 Å². The lowest BCUT2D eigenvalue weighted by Crippen LogP contribution is -2.25. The van der Waals surface area contributed by atoms with Gasteiger partial charge in [0.1, 0.15) is 10.7 Å². The number of ether oxygens (including phenoxy) is 1. The number of nitrogens with one attached hydrogen (secondary N) is 1. The van der Waals surface area contributed by atoms with Crippen molar-refractivity contribution in [3.05, 3.63) is 27.2 Å². The molecular formula is C14H15Cl3F2N4O. The first-order valence-corrected chi connectivity index (χ1v) is 8.00. The zero-order valence-corrected chi connectivity index (χ0v) is 15.1. The summed E-state index contributed by atoms with van der Waals surface area (Å²) in [6.07, 6.45) is 0. The van der Waals surface area contributed by atoms with Crippen molar-refractivity contribution in [3.63, 3.8) is 0 Å². The standard InChI is InChI=1S/C14H15Cl3F2N4O/c1-6(20)5-21-10-3-7(8(15)4-9(10)16)12-11(17)13(23(2)22-12)24-14(18)19/h3-4,6,14,21H,5,20H2,1-2H3. The van der Waals surface area contributed by atoms with Crippen LogP contribution in [0.25, 0.3) is 11.3 Å². The van der Waals surface area contributed by atoms with E-state index in [4.69, 9.17) is 40.5 Å². The van der Waals surface area contributed by atoms with E-state index >= 15 is 0 Å². The quantitative estimate of drug-likeness (QED) is 0.755. The highest BCUT2D eigenvalue weighted by atomic mass is 35.5. The molecule has 1 aromatic heterocycles. The van der Waals surface area contributed by atoms with Crippen LogP contribution in [-0.2, 0) is 7.05 Å². The third-order valence-corrected chi connectivity index (χ3v) is 4.03. The molecule has 1 heterocycles. The molecule has 0 aliphatic heterocycles. The Kier molecular flexibility index (Phi) is 6.14. The molecule has 0 amide bonds. The predicted molar refractivity (Wildman–Crippen MR) is 92.4 cm³/mol. The Bertz CT molecular complexity index is 737. The Labute approximate surface area is 152 Å². The lowest BCUT2D eigenvalue weighted by molar-refractivity contribution is -0.0552. The number of anilines is 1. The number of aryl methyl sites for hydroxylation is 1. The fraction of sp³-hybridized carbons (Fsp3) is 0.357. The summed E-state index contributed by atoms with van der Waals surface area (Å²) >= 11 is 18.5. The van der Waals surface area contributed by atoms with Crippen LogP contribution < -0.4 is 15.8 Å². The molecule has 0 aliphatic carbocycles. The molecule has 0 saturated heterocycles. The van der Waals surface area contributed by atoms with E-state index in [1.165, 1.54) is 13.1 Å². The number of benzene rings is 1. The van der Waals surface area contributed by atoms with Crippen LogP contribution in [0, 0.1) is 0 Å². The predicted octanol–water partition coefficient (Wildman–Crippen LogP) is 4.41. The fourth-order valence-corrected chi connectivity index (χ4v) is 2.85. The SMILES string of the molecule is CC(N)CNc1cc(-c2nn(C)c(OC(F)F)c2Cl)c(Cl)cc1Cl. The Morgan fingerprint density at radius 2 is 1.96 bits per heavy atom. The zero-order valence-electron chi connectivity index (χ0n) is 12.8. The van der Waals surface area contributed by atoms with Crippen molar-refractivity contribution in [3.8, 4) is 17.1 Å². The van der Waals surface area contributed by atoms with E-state index in [0.29, 0.717) is 22.8 Å². The molecule has 1 atom stereocenters. The Morgan fingerprint density at radius 3 is 2.54 bits per heavy atom. The zero-order chi connectivity index (χ0) is 18.0. The molecule has 1 aromatic carbocycles. The van der Waals surface area contributed by atoms with Gasteiger partial charge < -0.3 is 15.8 Å². The summed E-state index contributed by atoms with van der Waals surface area (Å²) in [7, 11) is 1.44. The number of nitrogens with zero attached hydrogens (tertiary/aromatic N) is 2. The molecule has 2 rings (SSSR count). The van der Waals surface area contributed by atoms with Gasteiger partial charge >= 0.3 is 6.61 Å². The van der Waals surface area contributed by atoms with E-state index in [2.05, 4.69) is 15.2 Å². The second-order valence-electron chi connectivity index (χ2n) is 5.14. The van der Waals surface area contributed by atoms with E-state index in [1.54, 1.807) is 6.07 Å². The van der Waals surface area contributed by atoms with Gasteiger partial charge in [0.2, 0.25) is 5.88 Å². The van der Waals surface area contributed by atoms with E-state index in [9.17, 15) is 8.78 Å². The van der Waals surface area contributed by atoms with Crippen LogP contribution in [0.2, 0.25) is 15.1 Å². The van der Waals surface area contributed by atoms with Crippen LogP contribution in [0.15, 0.2) is 12.1 Å². The molecular weight excluding hydrogens is 385 g/mol. The van der Waals surface area contributed by atoms with Crippen molar-refractivity contribution in [2.45, 2.75) is 19.6 Å². The van der Waals surface area contributed by atoms with E-state index < -0.39 is 6.61 Å². The van der Waals surface area contributed by atoms with Crippen LogP contribution >= 0.6 is 34.8 Å². The van der Waals surface area contributed by atoms with Crippen LogP contribution in [0.3, 0.4) is 0 Å². The molecule has 10 heteroatoms. The van der Waals surface area contributed by atoms with Gasteiger partial charge in [-0.15, -0.1) is 0 Å². The number of hydrogen-bond donors (Lipinski definition) is 2. The largest absolute Gasteiger partial charge is 0.416 e. The first-order valence-electron chi connectivity index (χ1n) is 6.86. The smallest absolute Gasteiger partial charge is 0.388 e. The molecule has 0 radical (unpaired) electrons. The summed E-state index contributed by atoms with van der Waals surface area (Å²) in [6, 6.07) is 3.05. The van der Waals surface area contributed by atoms with Gasteiger partial charge in [-0.25, -0.2) is 4.68 Å². The summed E-state index contributed by atoms with van der Waals surface area (Å²) in [5, 5.41) is 7.78. The van der Waals surface area contributed by atoms with Gasteiger partial charge in [-0.05, 0) is 19.1 Å². The van der Waals surface area contributed by atoms with Crippen molar-refractivity contribution in [1.29, 1.82) is 0 Å². The number of nitrogens with two attached hydrogens (primary N) is 1. The van der Waals surface area contributed by atoms with Crippen molar-refractivity contribution >= 4 is 40.5 Å². The summed E-state index contributed by atoms with van der Waals surface area (Å²) in [5.74, 6) is -0.252. The molecule has 0 spiro atoms. The Hall–Kier alpha value is -1.28. The van der Waals surface area contributed by atoms with Gasteiger partial charge in [0.05, 0.1) is 15.7 Å². The molecule has 0 bridgehead atoms.